The van der Waals surface area contributed by atoms with Gasteiger partial charge >= 0.3 is 11.9 Å². The number of nitrogens with one attached hydrogen (secondary N) is 1. The van der Waals surface area contributed by atoms with Crippen LogP contribution in [0.3, 0.4) is 0 Å². The monoisotopic (exact) mass is 456 g/mol. The van der Waals surface area contributed by atoms with E-state index >= 15 is 0 Å². The first-order chi connectivity index (χ1) is 15.7. The van der Waals surface area contributed by atoms with E-state index in [0.717, 1.165) is 16.9 Å². The van der Waals surface area contributed by atoms with E-state index in [1.807, 2.05) is 50.2 Å². The SMILES string of the molecule is COCCOC(=O)C1=C(C)NC2=C(C(=O)[C@@H](C(=O)OC)[C@H](C)C2)[C@@H]1c1ccc(N(C)C)cc1. The highest BCUT2D eigenvalue weighted by molar-refractivity contribution is 6.12. The molecule has 1 aliphatic carbocycles. The van der Waals surface area contributed by atoms with Gasteiger partial charge in [-0.15, -0.1) is 0 Å². The molecular weight excluding hydrogens is 424 g/mol. The largest absolute Gasteiger partial charge is 0.468 e. The van der Waals surface area contributed by atoms with Crippen LogP contribution < -0.4 is 10.2 Å². The lowest BCUT2D eigenvalue weighted by Crippen LogP contribution is -2.43. The molecule has 8 heteroatoms. The lowest BCUT2D eigenvalue weighted by Gasteiger charge is -2.38. The quantitative estimate of drug-likeness (QED) is 0.380. The maximum Gasteiger partial charge on any atom is 0.336 e. The summed E-state index contributed by atoms with van der Waals surface area (Å²) in [5, 5.41) is 3.25. The second-order valence-electron chi connectivity index (χ2n) is 8.65. The number of carbonyl (C=O) groups excluding carboxylic acids is 3. The highest BCUT2D eigenvalue weighted by Gasteiger charge is 2.47. The molecule has 33 heavy (non-hydrogen) atoms. The Bertz CT molecular complexity index is 993. The zero-order chi connectivity index (χ0) is 24.3. The van der Waals surface area contributed by atoms with Crippen LogP contribution in [0.1, 0.15) is 31.7 Å². The van der Waals surface area contributed by atoms with Gasteiger partial charge in [-0.25, -0.2) is 4.79 Å². The maximum atomic E-state index is 13.7. The summed E-state index contributed by atoms with van der Waals surface area (Å²) in [6.45, 7) is 4.03. The number of hydrogen-bond donors (Lipinski definition) is 1. The van der Waals surface area contributed by atoms with Gasteiger partial charge in [-0.3, -0.25) is 9.59 Å². The highest BCUT2D eigenvalue weighted by atomic mass is 16.6. The van der Waals surface area contributed by atoms with E-state index < -0.39 is 23.8 Å². The van der Waals surface area contributed by atoms with Crippen LogP contribution in [0, 0.1) is 11.8 Å². The zero-order valence-corrected chi connectivity index (χ0v) is 20.1. The number of dihydropyridines is 1. The number of benzene rings is 1. The number of hydrogen-bond acceptors (Lipinski definition) is 8. The van der Waals surface area contributed by atoms with Crippen LogP contribution in [-0.4, -0.2) is 59.3 Å². The van der Waals surface area contributed by atoms with Crippen LogP contribution in [0.5, 0.6) is 0 Å². The number of ketones is 1. The number of allylic oxidation sites excluding steroid dienone is 3. The average molecular weight is 457 g/mol. The highest BCUT2D eigenvalue weighted by Crippen LogP contribution is 2.45. The van der Waals surface area contributed by atoms with Gasteiger partial charge in [0.15, 0.2) is 5.78 Å². The lowest BCUT2D eigenvalue weighted by molar-refractivity contribution is -0.151. The van der Waals surface area contributed by atoms with Crippen LogP contribution in [-0.2, 0) is 28.6 Å². The molecule has 1 heterocycles. The number of rotatable bonds is 7. The minimum Gasteiger partial charge on any atom is -0.468 e. The lowest BCUT2D eigenvalue weighted by atomic mass is 9.69. The second-order valence-corrected chi connectivity index (χ2v) is 8.65. The first kappa shape index (κ1) is 24.5. The summed E-state index contributed by atoms with van der Waals surface area (Å²) in [7, 11) is 6.69. The fourth-order valence-electron chi connectivity index (χ4n) is 4.54. The van der Waals surface area contributed by atoms with Gasteiger partial charge in [0.1, 0.15) is 12.5 Å². The van der Waals surface area contributed by atoms with Gasteiger partial charge < -0.3 is 24.4 Å². The van der Waals surface area contributed by atoms with E-state index in [-0.39, 0.29) is 24.9 Å². The molecule has 0 bridgehead atoms. The van der Waals surface area contributed by atoms with E-state index in [4.69, 9.17) is 14.2 Å². The number of Topliss-reactive ketones (excluding diaryl/α,β-unsaturated/α-hetero) is 1. The van der Waals surface area contributed by atoms with Gasteiger partial charge in [-0.05, 0) is 37.0 Å². The summed E-state index contributed by atoms with van der Waals surface area (Å²) in [6, 6.07) is 7.69. The van der Waals surface area contributed by atoms with Crippen molar-refractivity contribution < 1.29 is 28.6 Å². The van der Waals surface area contributed by atoms with Gasteiger partial charge in [-0.1, -0.05) is 19.1 Å². The van der Waals surface area contributed by atoms with Crippen molar-refractivity contribution in [2.24, 2.45) is 11.8 Å². The van der Waals surface area contributed by atoms with Crippen LogP contribution in [0.25, 0.3) is 0 Å². The second kappa shape index (κ2) is 10.2. The molecule has 0 unspecified atom stereocenters. The Morgan fingerprint density at radius 3 is 2.36 bits per heavy atom. The average Bonchev–Trinajstić information content (AvgIpc) is 2.78. The number of esters is 2. The molecule has 0 saturated carbocycles. The van der Waals surface area contributed by atoms with Crippen molar-refractivity contribution in [3.05, 3.63) is 52.4 Å². The molecule has 1 aliphatic heterocycles. The van der Waals surface area contributed by atoms with Crippen molar-refractivity contribution in [3.63, 3.8) is 0 Å². The molecule has 2 aliphatic rings. The first-order valence-electron chi connectivity index (χ1n) is 11.0. The fraction of sp³-hybridized carbons (Fsp3) is 0.480. The number of nitrogens with zero attached hydrogens (tertiary/aromatic N) is 1. The summed E-state index contributed by atoms with van der Waals surface area (Å²) in [4.78, 5) is 41.3. The normalized spacial score (nSPS) is 22.5. The number of anilines is 1. The molecule has 8 nitrogen and oxygen atoms in total. The van der Waals surface area contributed by atoms with Crippen LogP contribution in [0.2, 0.25) is 0 Å². The molecular formula is C25H32N2O6. The topological polar surface area (TPSA) is 94.2 Å². The smallest absolute Gasteiger partial charge is 0.336 e. The third-order valence-corrected chi connectivity index (χ3v) is 6.23. The predicted molar refractivity (Wildman–Crippen MR) is 124 cm³/mol. The molecule has 3 rings (SSSR count). The summed E-state index contributed by atoms with van der Waals surface area (Å²) in [6.07, 6.45) is 0.496. The van der Waals surface area contributed by atoms with Gasteiger partial charge in [0.05, 0.1) is 19.3 Å². The fourth-order valence-corrected chi connectivity index (χ4v) is 4.54. The molecule has 0 radical (unpaired) electrons. The molecule has 0 amide bonds. The molecule has 3 atom stereocenters. The Morgan fingerprint density at radius 2 is 1.79 bits per heavy atom. The Hall–Kier alpha value is -3.13. The van der Waals surface area contributed by atoms with Crippen molar-refractivity contribution in [1.29, 1.82) is 0 Å². The molecule has 0 fully saturated rings. The van der Waals surface area contributed by atoms with Crippen LogP contribution in [0.4, 0.5) is 5.69 Å². The zero-order valence-electron chi connectivity index (χ0n) is 20.1. The molecule has 1 N–H and O–H groups in total. The van der Waals surface area contributed by atoms with Crippen LogP contribution >= 0.6 is 0 Å². The Morgan fingerprint density at radius 1 is 1.12 bits per heavy atom. The molecule has 0 spiro atoms. The third-order valence-electron chi connectivity index (χ3n) is 6.23. The van der Waals surface area contributed by atoms with Gasteiger partial charge in [0, 0.05) is 49.8 Å². The number of methoxy groups -OCH3 is 2. The van der Waals surface area contributed by atoms with Crippen molar-refractivity contribution in [3.8, 4) is 0 Å². The summed E-state index contributed by atoms with van der Waals surface area (Å²) in [5.41, 5.74) is 3.91. The first-order valence-corrected chi connectivity index (χ1v) is 11.0. The van der Waals surface area contributed by atoms with E-state index in [9.17, 15) is 14.4 Å². The van der Waals surface area contributed by atoms with E-state index in [2.05, 4.69) is 5.32 Å². The summed E-state index contributed by atoms with van der Waals surface area (Å²) in [5.74, 6) is -3.19. The Kier molecular flexibility index (Phi) is 7.58. The Labute approximate surface area is 194 Å². The van der Waals surface area contributed by atoms with Gasteiger partial charge in [0.25, 0.3) is 0 Å². The van der Waals surface area contributed by atoms with Crippen molar-refractivity contribution in [2.45, 2.75) is 26.2 Å². The van der Waals surface area contributed by atoms with Crippen molar-refractivity contribution in [1.82, 2.24) is 5.32 Å². The minimum absolute atomic E-state index is 0.0973. The summed E-state index contributed by atoms with van der Waals surface area (Å²) >= 11 is 0. The Balaban J connectivity index is 2.12. The predicted octanol–water partition coefficient (Wildman–Crippen LogP) is 2.56. The molecule has 1 aromatic carbocycles. The third kappa shape index (κ3) is 4.80. The van der Waals surface area contributed by atoms with Gasteiger partial charge in [0.2, 0.25) is 0 Å². The van der Waals surface area contributed by atoms with Crippen molar-refractivity contribution >= 4 is 23.4 Å². The molecule has 0 saturated heterocycles. The van der Waals surface area contributed by atoms with Crippen molar-refractivity contribution in [2.75, 3.05) is 46.4 Å². The molecule has 0 aromatic heterocycles. The van der Waals surface area contributed by atoms with Crippen LogP contribution in [0.15, 0.2) is 46.8 Å². The maximum absolute atomic E-state index is 13.7. The molecule has 1 aromatic rings. The van der Waals surface area contributed by atoms with E-state index in [0.29, 0.717) is 23.3 Å². The number of ether oxygens (including phenoxy) is 3. The minimum atomic E-state index is -0.914. The molecule has 178 valence electrons. The van der Waals surface area contributed by atoms with E-state index in [1.54, 1.807) is 6.92 Å². The standard InChI is InChI=1S/C25H32N2O6/c1-14-13-18-22(23(28)19(14)24(29)32-6)21(16-7-9-17(10-8-16)27(3)4)20(15(2)26-18)25(30)33-12-11-31-5/h7-10,14,19,21,26H,11-13H2,1-6H3/t14-,19+,21-/m1/s1. The number of carbonyl (C=O) groups is 3. The van der Waals surface area contributed by atoms with E-state index in [1.165, 1.54) is 14.2 Å². The summed E-state index contributed by atoms with van der Waals surface area (Å²) < 4.78 is 15.4. The van der Waals surface area contributed by atoms with Gasteiger partial charge in [-0.2, -0.15) is 0 Å².